The van der Waals surface area contributed by atoms with Crippen LogP contribution >= 0.6 is 11.8 Å². The average molecular weight is 312 g/mol. The molecule has 0 aliphatic rings. The molecular formula is C13H14F2N4OS. The standard InChI is InChI=1S/C13H14F2N4OS/c1-3-11-17-13(19-18-11)21-7(2)12(20)16-10-5-4-8(14)6-9(10)15/h4-7H,3H2,1-2H3,(H,16,20)(H,17,18,19)/t7-/m1/s1. The lowest BCUT2D eigenvalue weighted by Crippen LogP contribution is -2.23. The molecular weight excluding hydrogens is 298 g/mol. The van der Waals surface area contributed by atoms with Crippen molar-refractivity contribution in [2.45, 2.75) is 30.7 Å². The maximum Gasteiger partial charge on any atom is 0.237 e. The number of thioether (sulfide) groups is 1. The van der Waals surface area contributed by atoms with Gasteiger partial charge in [0.1, 0.15) is 17.5 Å². The SMILES string of the molecule is CCc1nc(S[C@H](C)C(=O)Nc2ccc(F)cc2F)n[nH]1. The average Bonchev–Trinajstić information content (AvgIpc) is 2.89. The van der Waals surface area contributed by atoms with Gasteiger partial charge in [0.15, 0.2) is 0 Å². The molecule has 0 aliphatic carbocycles. The van der Waals surface area contributed by atoms with Crippen molar-refractivity contribution < 1.29 is 13.6 Å². The van der Waals surface area contributed by atoms with Crippen LogP contribution in [0.15, 0.2) is 23.4 Å². The molecule has 2 rings (SSSR count). The molecule has 1 heterocycles. The van der Waals surface area contributed by atoms with Crippen molar-refractivity contribution in [2.24, 2.45) is 0 Å². The number of aryl methyl sites for hydroxylation is 1. The number of nitrogens with zero attached hydrogens (tertiary/aromatic N) is 2. The smallest absolute Gasteiger partial charge is 0.237 e. The second-order valence-electron chi connectivity index (χ2n) is 4.29. The maximum atomic E-state index is 13.5. The van der Waals surface area contributed by atoms with Crippen LogP contribution < -0.4 is 5.32 Å². The third kappa shape index (κ3) is 4.01. The highest BCUT2D eigenvalue weighted by Gasteiger charge is 2.18. The Kier molecular flexibility index (Phi) is 4.89. The summed E-state index contributed by atoms with van der Waals surface area (Å²) in [7, 11) is 0. The zero-order valence-corrected chi connectivity index (χ0v) is 12.3. The first-order valence-electron chi connectivity index (χ1n) is 6.33. The Hall–Kier alpha value is -1.96. The largest absolute Gasteiger partial charge is 0.323 e. The van der Waals surface area contributed by atoms with Crippen LogP contribution in [0.4, 0.5) is 14.5 Å². The number of hydrogen-bond acceptors (Lipinski definition) is 4. The molecule has 2 N–H and O–H groups in total. The third-order valence-corrected chi connectivity index (χ3v) is 3.65. The number of rotatable bonds is 5. The molecule has 1 aromatic carbocycles. The number of H-pyrrole nitrogens is 1. The quantitative estimate of drug-likeness (QED) is 0.833. The maximum absolute atomic E-state index is 13.5. The Balaban J connectivity index is 1.99. The first-order chi connectivity index (χ1) is 9.99. The van der Waals surface area contributed by atoms with Crippen molar-refractivity contribution in [1.29, 1.82) is 0 Å². The van der Waals surface area contributed by atoms with Gasteiger partial charge in [-0.25, -0.2) is 13.8 Å². The molecule has 2 aromatic rings. The van der Waals surface area contributed by atoms with E-state index in [9.17, 15) is 13.6 Å². The summed E-state index contributed by atoms with van der Waals surface area (Å²) in [5, 5.41) is 9.06. The highest BCUT2D eigenvalue weighted by atomic mass is 32.2. The van der Waals surface area contributed by atoms with Gasteiger partial charge in [-0.05, 0) is 19.1 Å². The molecule has 1 amide bonds. The lowest BCUT2D eigenvalue weighted by Gasteiger charge is -2.10. The van der Waals surface area contributed by atoms with E-state index >= 15 is 0 Å². The summed E-state index contributed by atoms with van der Waals surface area (Å²) in [6.45, 7) is 3.59. The summed E-state index contributed by atoms with van der Waals surface area (Å²) in [5.41, 5.74) is -0.0573. The Bertz CT molecular complexity index is 647. The minimum Gasteiger partial charge on any atom is -0.323 e. The van der Waals surface area contributed by atoms with Gasteiger partial charge >= 0.3 is 0 Å². The molecule has 0 bridgehead atoms. The van der Waals surface area contributed by atoms with Crippen molar-refractivity contribution in [1.82, 2.24) is 15.2 Å². The molecule has 0 aliphatic heterocycles. The molecule has 1 aromatic heterocycles. The fourth-order valence-corrected chi connectivity index (χ4v) is 2.27. The van der Waals surface area contributed by atoms with E-state index in [-0.39, 0.29) is 5.69 Å². The molecule has 8 heteroatoms. The van der Waals surface area contributed by atoms with Crippen molar-refractivity contribution in [3.8, 4) is 0 Å². The molecule has 0 saturated heterocycles. The molecule has 0 radical (unpaired) electrons. The molecule has 0 fully saturated rings. The van der Waals surface area contributed by atoms with Crippen LogP contribution in [-0.4, -0.2) is 26.3 Å². The number of aromatic nitrogens is 3. The van der Waals surface area contributed by atoms with Crippen molar-refractivity contribution >= 4 is 23.4 Å². The van der Waals surface area contributed by atoms with Gasteiger partial charge in [0, 0.05) is 12.5 Å². The van der Waals surface area contributed by atoms with E-state index in [1.807, 2.05) is 6.92 Å². The van der Waals surface area contributed by atoms with Crippen LogP contribution in [0.1, 0.15) is 19.7 Å². The Morgan fingerprint density at radius 2 is 2.24 bits per heavy atom. The van der Waals surface area contributed by atoms with Crippen molar-refractivity contribution in [3.05, 3.63) is 35.7 Å². The summed E-state index contributed by atoms with van der Waals surface area (Å²) >= 11 is 1.15. The molecule has 0 unspecified atom stereocenters. The number of halogens is 2. The topological polar surface area (TPSA) is 70.7 Å². The first-order valence-corrected chi connectivity index (χ1v) is 7.21. The van der Waals surface area contributed by atoms with Crippen LogP contribution in [0.3, 0.4) is 0 Å². The molecule has 0 spiro atoms. The lowest BCUT2D eigenvalue weighted by atomic mass is 10.3. The van der Waals surface area contributed by atoms with Gasteiger partial charge in [0.25, 0.3) is 0 Å². The molecule has 112 valence electrons. The number of benzene rings is 1. The number of anilines is 1. The predicted octanol–water partition coefficient (Wildman–Crippen LogP) is 2.76. The van der Waals surface area contributed by atoms with Crippen LogP contribution in [0.2, 0.25) is 0 Å². The van der Waals surface area contributed by atoms with E-state index in [4.69, 9.17) is 0 Å². The van der Waals surface area contributed by atoms with Crippen LogP contribution in [0.25, 0.3) is 0 Å². The van der Waals surface area contributed by atoms with Crippen LogP contribution in [0, 0.1) is 11.6 Å². The van der Waals surface area contributed by atoms with Gasteiger partial charge in [-0.3, -0.25) is 9.89 Å². The van der Waals surface area contributed by atoms with Gasteiger partial charge in [0.05, 0.1) is 10.9 Å². The van der Waals surface area contributed by atoms with Crippen LogP contribution in [0.5, 0.6) is 0 Å². The highest BCUT2D eigenvalue weighted by Crippen LogP contribution is 2.22. The van der Waals surface area contributed by atoms with E-state index in [1.54, 1.807) is 6.92 Å². The fraction of sp³-hybridized carbons (Fsp3) is 0.308. The number of nitrogens with one attached hydrogen (secondary N) is 2. The lowest BCUT2D eigenvalue weighted by molar-refractivity contribution is -0.115. The molecule has 1 atom stereocenters. The van der Waals surface area contributed by atoms with Gasteiger partial charge in [-0.15, -0.1) is 5.10 Å². The number of aromatic amines is 1. The van der Waals surface area contributed by atoms with Gasteiger partial charge in [0.2, 0.25) is 11.1 Å². The highest BCUT2D eigenvalue weighted by molar-refractivity contribution is 8.00. The van der Waals surface area contributed by atoms with E-state index in [0.29, 0.717) is 5.16 Å². The zero-order chi connectivity index (χ0) is 15.4. The van der Waals surface area contributed by atoms with Crippen molar-refractivity contribution in [3.63, 3.8) is 0 Å². The first kappa shape index (κ1) is 15.4. The monoisotopic (exact) mass is 312 g/mol. The van der Waals surface area contributed by atoms with E-state index in [0.717, 1.165) is 36.1 Å². The van der Waals surface area contributed by atoms with Crippen molar-refractivity contribution in [2.75, 3.05) is 5.32 Å². The Morgan fingerprint density at radius 3 is 2.86 bits per heavy atom. The molecule has 21 heavy (non-hydrogen) atoms. The summed E-state index contributed by atoms with van der Waals surface area (Å²) in [6.07, 6.45) is 0.717. The van der Waals surface area contributed by atoms with Gasteiger partial charge in [-0.2, -0.15) is 0 Å². The minimum atomic E-state index is -0.813. The van der Waals surface area contributed by atoms with Gasteiger partial charge < -0.3 is 5.32 Å². The number of carbonyl (C=O) groups is 1. The predicted molar refractivity (Wildman–Crippen MR) is 76.1 cm³/mol. The Labute approximate surface area is 124 Å². The summed E-state index contributed by atoms with van der Waals surface area (Å²) in [6, 6.07) is 2.98. The Morgan fingerprint density at radius 1 is 1.48 bits per heavy atom. The number of amides is 1. The van der Waals surface area contributed by atoms with Gasteiger partial charge in [-0.1, -0.05) is 18.7 Å². The fourth-order valence-electron chi connectivity index (χ4n) is 1.53. The van der Waals surface area contributed by atoms with E-state index in [2.05, 4.69) is 20.5 Å². The third-order valence-electron chi connectivity index (χ3n) is 2.69. The number of hydrogen-bond donors (Lipinski definition) is 2. The summed E-state index contributed by atoms with van der Waals surface area (Å²) in [4.78, 5) is 16.2. The van der Waals surface area contributed by atoms with E-state index < -0.39 is 22.8 Å². The molecule has 0 saturated carbocycles. The zero-order valence-electron chi connectivity index (χ0n) is 11.5. The number of carbonyl (C=O) groups excluding carboxylic acids is 1. The minimum absolute atomic E-state index is 0.0573. The normalized spacial score (nSPS) is 12.2. The second kappa shape index (κ2) is 6.66. The summed E-state index contributed by atoms with van der Waals surface area (Å²) in [5.74, 6) is -1.18. The molecule has 5 nitrogen and oxygen atoms in total. The van der Waals surface area contributed by atoms with E-state index in [1.165, 1.54) is 6.07 Å². The van der Waals surface area contributed by atoms with Crippen LogP contribution in [-0.2, 0) is 11.2 Å². The summed E-state index contributed by atoms with van der Waals surface area (Å²) < 4.78 is 26.2. The second-order valence-corrected chi connectivity index (χ2v) is 5.60.